The smallest absolute Gasteiger partial charge is 0.251 e. The topological polar surface area (TPSA) is 76.8 Å². The Morgan fingerprint density at radius 1 is 1.14 bits per heavy atom. The van der Waals surface area contributed by atoms with E-state index in [1.54, 1.807) is 0 Å². The largest absolute Gasteiger partial charge is 0.361 e. The Hall–Kier alpha value is -3.25. The molecular weight excluding hydrogens is 386 g/mol. The van der Waals surface area contributed by atoms with Crippen molar-refractivity contribution in [2.24, 2.45) is 0 Å². The van der Waals surface area contributed by atoms with Crippen LogP contribution in [0.4, 0.5) is 5.82 Å². The van der Waals surface area contributed by atoms with Gasteiger partial charge < -0.3 is 15.2 Å². The maximum Gasteiger partial charge on any atom is 0.251 e. The van der Waals surface area contributed by atoms with Crippen molar-refractivity contribution in [2.75, 3.05) is 18.0 Å². The molecule has 5 rings (SSSR count). The molecule has 29 heavy (non-hydrogen) atoms. The number of aromatic amines is 2. The minimum atomic E-state index is -0.0442. The van der Waals surface area contributed by atoms with E-state index in [1.807, 2.05) is 60.8 Å². The fourth-order valence-electron chi connectivity index (χ4n) is 3.79. The van der Waals surface area contributed by atoms with Crippen LogP contribution >= 0.6 is 11.6 Å². The lowest BCUT2D eigenvalue weighted by Gasteiger charge is -2.16. The number of fused-ring (bicyclic) bond motifs is 1. The van der Waals surface area contributed by atoms with Gasteiger partial charge in [-0.2, -0.15) is 5.10 Å². The summed E-state index contributed by atoms with van der Waals surface area (Å²) in [6.07, 6.45) is 2.77. The standard InChI is InChI=1S/C22H20ClN5O/c23-17-5-3-14(4-6-17)20-12-21(27-26-20)28-10-8-18(13-28)25-22(29)16-2-1-15-7-9-24-19(15)11-16/h1-7,9,11-12,18,24H,8,10,13H2,(H,25,29)(H,26,27). The highest BCUT2D eigenvalue weighted by atomic mass is 35.5. The average molecular weight is 406 g/mol. The van der Waals surface area contributed by atoms with Gasteiger partial charge >= 0.3 is 0 Å². The quantitative estimate of drug-likeness (QED) is 0.475. The van der Waals surface area contributed by atoms with E-state index in [2.05, 4.69) is 25.4 Å². The maximum atomic E-state index is 12.6. The van der Waals surface area contributed by atoms with Gasteiger partial charge in [0.1, 0.15) is 0 Å². The summed E-state index contributed by atoms with van der Waals surface area (Å²) in [4.78, 5) is 18.0. The molecule has 0 radical (unpaired) electrons. The van der Waals surface area contributed by atoms with Gasteiger partial charge in [-0.25, -0.2) is 0 Å². The van der Waals surface area contributed by atoms with Crippen LogP contribution in [0.25, 0.3) is 22.2 Å². The number of nitrogens with zero attached hydrogens (tertiary/aromatic N) is 2. The van der Waals surface area contributed by atoms with Crippen molar-refractivity contribution in [3.05, 3.63) is 71.4 Å². The van der Waals surface area contributed by atoms with E-state index >= 15 is 0 Å². The fraction of sp³-hybridized carbons (Fsp3) is 0.182. The molecule has 1 atom stereocenters. The van der Waals surface area contributed by atoms with Crippen LogP contribution in [0.5, 0.6) is 0 Å². The summed E-state index contributed by atoms with van der Waals surface area (Å²) >= 11 is 5.96. The van der Waals surface area contributed by atoms with Crippen LogP contribution in [0.3, 0.4) is 0 Å². The predicted molar refractivity (Wildman–Crippen MR) is 115 cm³/mol. The zero-order valence-electron chi connectivity index (χ0n) is 15.7. The predicted octanol–water partition coefficient (Wildman–Crippen LogP) is 4.22. The number of anilines is 1. The summed E-state index contributed by atoms with van der Waals surface area (Å²) in [6, 6.07) is 17.5. The number of carbonyl (C=O) groups excluding carboxylic acids is 1. The molecule has 1 amide bonds. The molecule has 1 aliphatic rings. The van der Waals surface area contributed by atoms with E-state index in [1.165, 1.54) is 0 Å². The van der Waals surface area contributed by atoms with Gasteiger partial charge in [-0.05, 0) is 47.7 Å². The molecule has 6 nitrogen and oxygen atoms in total. The Morgan fingerprint density at radius 3 is 2.86 bits per heavy atom. The third-order valence-electron chi connectivity index (χ3n) is 5.38. The van der Waals surface area contributed by atoms with E-state index in [-0.39, 0.29) is 11.9 Å². The highest BCUT2D eigenvalue weighted by Gasteiger charge is 2.26. The van der Waals surface area contributed by atoms with Crippen LogP contribution < -0.4 is 10.2 Å². The highest BCUT2D eigenvalue weighted by Crippen LogP contribution is 2.25. The SMILES string of the molecule is O=C(NC1CCN(c2cc(-c3ccc(Cl)cc3)[nH]n2)C1)c1ccc2cc[nH]c2c1. The monoisotopic (exact) mass is 405 g/mol. The van der Waals surface area contributed by atoms with Crippen molar-refractivity contribution >= 4 is 34.2 Å². The summed E-state index contributed by atoms with van der Waals surface area (Å²) in [5.74, 6) is 0.844. The molecule has 3 N–H and O–H groups in total. The minimum Gasteiger partial charge on any atom is -0.361 e. The molecule has 1 fully saturated rings. The molecule has 2 aromatic heterocycles. The minimum absolute atomic E-state index is 0.0442. The molecule has 1 aliphatic heterocycles. The molecule has 0 bridgehead atoms. The van der Waals surface area contributed by atoms with E-state index in [4.69, 9.17) is 11.6 Å². The first kappa shape index (κ1) is 17.8. The summed E-state index contributed by atoms with van der Waals surface area (Å²) < 4.78 is 0. The molecule has 7 heteroatoms. The Bertz CT molecular complexity index is 1160. The Morgan fingerprint density at radius 2 is 2.00 bits per heavy atom. The van der Waals surface area contributed by atoms with Crippen LogP contribution in [0.15, 0.2) is 60.8 Å². The van der Waals surface area contributed by atoms with E-state index in [0.29, 0.717) is 10.6 Å². The van der Waals surface area contributed by atoms with Gasteiger partial charge in [0.25, 0.3) is 5.91 Å². The lowest BCUT2D eigenvalue weighted by molar-refractivity contribution is 0.0940. The number of nitrogens with one attached hydrogen (secondary N) is 3. The van der Waals surface area contributed by atoms with Gasteiger partial charge in [0.15, 0.2) is 5.82 Å². The Balaban J connectivity index is 1.24. The molecular formula is C22H20ClN5O. The van der Waals surface area contributed by atoms with Gasteiger partial charge in [0.2, 0.25) is 0 Å². The number of amides is 1. The van der Waals surface area contributed by atoms with Crippen LogP contribution in [0, 0.1) is 0 Å². The van der Waals surface area contributed by atoms with Crippen molar-refractivity contribution in [3.63, 3.8) is 0 Å². The van der Waals surface area contributed by atoms with E-state index in [0.717, 1.165) is 47.5 Å². The molecule has 0 saturated carbocycles. The van der Waals surface area contributed by atoms with E-state index < -0.39 is 0 Å². The van der Waals surface area contributed by atoms with Crippen LogP contribution in [-0.4, -0.2) is 40.2 Å². The number of halogens is 1. The summed E-state index contributed by atoms with van der Waals surface area (Å²) in [7, 11) is 0. The molecule has 2 aromatic carbocycles. The van der Waals surface area contributed by atoms with Gasteiger partial charge in [-0.3, -0.25) is 9.89 Å². The van der Waals surface area contributed by atoms with Crippen LogP contribution in [0.1, 0.15) is 16.8 Å². The first-order valence-electron chi connectivity index (χ1n) is 9.60. The maximum absolute atomic E-state index is 12.6. The van der Waals surface area contributed by atoms with Crippen molar-refractivity contribution in [2.45, 2.75) is 12.5 Å². The van der Waals surface area contributed by atoms with Gasteiger partial charge in [-0.1, -0.05) is 29.8 Å². The Labute approximate surface area is 172 Å². The second-order valence-electron chi connectivity index (χ2n) is 7.33. The van der Waals surface area contributed by atoms with Gasteiger partial charge in [0, 0.05) is 47.5 Å². The van der Waals surface area contributed by atoms with Crippen LogP contribution in [-0.2, 0) is 0 Å². The van der Waals surface area contributed by atoms with Crippen molar-refractivity contribution in [1.29, 1.82) is 0 Å². The average Bonchev–Trinajstić information content (AvgIpc) is 3.48. The summed E-state index contributed by atoms with van der Waals surface area (Å²) in [5, 5.41) is 12.5. The molecule has 4 aromatic rings. The van der Waals surface area contributed by atoms with Gasteiger partial charge in [0.05, 0.1) is 5.69 Å². The zero-order chi connectivity index (χ0) is 19.8. The highest BCUT2D eigenvalue weighted by molar-refractivity contribution is 6.30. The Kier molecular flexibility index (Phi) is 4.48. The molecule has 146 valence electrons. The number of carbonyl (C=O) groups is 1. The third-order valence-corrected chi connectivity index (χ3v) is 5.64. The molecule has 3 heterocycles. The number of aromatic nitrogens is 3. The summed E-state index contributed by atoms with van der Waals surface area (Å²) in [6.45, 7) is 1.59. The molecule has 0 aliphatic carbocycles. The first-order valence-corrected chi connectivity index (χ1v) is 9.98. The van der Waals surface area contributed by atoms with Crippen LogP contribution in [0.2, 0.25) is 5.02 Å². The second kappa shape index (κ2) is 7.29. The van der Waals surface area contributed by atoms with E-state index in [9.17, 15) is 4.79 Å². The number of benzene rings is 2. The van der Waals surface area contributed by atoms with Crippen molar-refractivity contribution in [1.82, 2.24) is 20.5 Å². The number of H-pyrrole nitrogens is 2. The third kappa shape index (κ3) is 3.59. The fourth-order valence-corrected chi connectivity index (χ4v) is 3.92. The normalized spacial score (nSPS) is 16.4. The van der Waals surface area contributed by atoms with Crippen molar-refractivity contribution < 1.29 is 4.79 Å². The molecule has 0 spiro atoms. The van der Waals surface area contributed by atoms with Gasteiger partial charge in [-0.15, -0.1) is 0 Å². The number of hydrogen-bond acceptors (Lipinski definition) is 3. The lowest BCUT2D eigenvalue weighted by atomic mass is 10.1. The zero-order valence-corrected chi connectivity index (χ0v) is 16.4. The first-order chi connectivity index (χ1) is 14.2. The second-order valence-corrected chi connectivity index (χ2v) is 7.77. The number of rotatable bonds is 4. The summed E-state index contributed by atoms with van der Waals surface area (Å²) in [5.41, 5.74) is 3.63. The molecule has 1 unspecified atom stereocenters. The lowest BCUT2D eigenvalue weighted by Crippen LogP contribution is -2.37. The van der Waals surface area contributed by atoms with Crippen molar-refractivity contribution in [3.8, 4) is 11.3 Å². The number of hydrogen-bond donors (Lipinski definition) is 3. The molecule has 1 saturated heterocycles.